The van der Waals surface area contributed by atoms with Gasteiger partial charge >= 0.3 is 6.18 Å². The fourth-order valence-electron chi connectivity index (χ4n) is 2.36. The van der Waals surface area contributed by atoms with Crippen LogP contribution < -0.4 is 4.74 Å². The number of alkyl halides is 5. The van der Waals surface area contributed by atoms with Crippen molar-refractivity contribution in [3.8, 4) is 16.9 Å². The zero-order valence-electron chi connectivity index (χ0n) is 14.3. The molecule has 0 radical (unpaired) electrons. The standard InChI is InChI=1S/C17H14F5N5O/c18-16(19,7-8-27-11-24-25-26-27)15-6-3-13(9-23-15)12-1-4-14(5-2-12)28-10-17(20,21)22/h1-6,9,11H,7-8,10H2. The summed E-state index contributed by atoms with van der Waals surface area (Å²) < 4.78 is 70.8. The number of hydrogen-bond acceptors (Lipinski definition) is 5. The van der Waals surface area contributed by atoms with Crippen LogP contribution in [0.15, 0.2) is 48.9 Å². The number of pyridine rings is 1. The minimum Gasteiger partial charge on any atom is -0.484 e. The molecule has 2 aromatic heterocycles. The average Bonchev–Trinajstić information content (AvgIpc) is 3.19. The first-order valence-corrected chi connectivity index (χ1v) is 8.08. The summed E-state index contributed by atoms with van der Waals surface area (Å²) >= 11 is 0. The Morgan fingerprint density at radius 3 is 2.21 bits per heavy atom. The van der Waals surface area contributed by atoms with Gasteiger partial charge in [-0.3, -0.25) is 4.98 Å². The highest BCUT2D eigenvalue weighted by atomic mass is 19.4. The minimum atomic E-state index is -4.42. The number of halogens is 5. The molecule has 0 amide bonds. The average molecular weight is 399 g/mol. The van der Waals surface area contributed by atoms with Crippen LogP contribution in [0.2, 0.25) is 0 Å². The summed E-state index contributed by atoms with van der Waals surface area (Å²) in [6.45, 7) is -1.45. The van der Waals surface area contributed by atoms with E-state index in [1.807, 2.05) is 0 Å². The molecule has 11 heteroatoms. The minimum absolute atomic E-state index is 0.0554. The summed E-state index contributed by atoms with van der Waals surface area (Å²) in [5.41, 5.74) is 0.757. The third-order valence-electron chi connectivity index (χ3n) is 3.77. The number of rotatable bonds is 7. The molecule has 3 rings (SSSR count). The quantitative estimate of drug-likeness (QED) is 0.565. The molecule has 0 saturated carbocycles. The van der Waals surface area contributed by atoms with Crippen LogP contribution >= 0.6 is 0 Å². The van der Waals surface area contributed by atoms with E-state index in [-0.39, 0.29) is 12.3 Å². The Morgan fingerprint density at radius 1 is 0.929 bits per heavy atom. The second kappa shape index (κ2) is 7.87. The Kier molecular flexibility index (Phi) is 5.52. The van der Waals surface area contributed by atoms with E-state index in [2.05, 4.69) is 25.2 Å². The summed E-state index contributed by atoms with van der Waals surface area (Å²) in [5, 5.41) is 10.3. The molecule has 0 aliphatic heterocycles. The molecule has 1 aromatic carbocycles. The van der Waals surface area contributed by atoms with Crippen LogP contribution in [-0.2, 0) is 12.5 Å². The first-order valence-electron chi connectivity index (χ1n) is 8.08. The van der Waals surface area contributed by atoms with E-state index in [0.717, 1.165) is 0 Å². The van der Waals surface area contributed by atoms with Gasteiger partial charge in [-0.1, -0.05) is 18.2 Å². The number of tetrazole rings is 1. The van der Waals surface area contributed by atoms with Crippen molar-refractivity contribution in [1.82, 2.24) is 25.2 Å². The highest BCUT2D eigenvalue weighted by molar-refractivity contribution is 5.63. The maximum absolute atomic E-state index is 14.3. The van der Waals surface area contributed by atoms with E-state index in [1.165, 1.54) is 53.6 Å². The topological polar surface area (TPSA) is 65.7 Å². The molecule has 0 fully saturated rings. The van der Waals surface area contributed by atoms with Gasteiger partial charge in [-0.05, 0) is 34.2 Å². The predicted molar refractivity (Wildman–Crippen MR) is 87.6 cm³/mol. The second-order valence-electron chi connectivity index (χ2n) is 5.89. The molecule has 0 atom stereocenters. The largest absolute Gasteiger partial charge is 0.484 e. The maximum atomic E-state index is 14.3. The molecule has 148 valence electrons. The lowest BCUT2D eigenvalue weighted by atomic mass is 10.1. The molecular formula is C17H14F5N5O. The van der Waals surface area contributed by atoms with Crippen LogP contribution in [0.1, 0.15) is 12.1 Å². The van der Waals surface area contributed by atoms with Crippen LogP contribution in [0.3, 0.4) is 0 Å². The predicted octanol–water partition coefficient (Wildman–Crippen LogP) is 3.86. The monoisotopic (exact) mass is 399 g/mol. The summed E-state index contributed by atoms with van der Waals surface area (Å²) in [7, 11) is 0. The fraction of sp³-hybridized carbons (Fsp3) is 0.294. The normalized spacial score (nSPS) is 12.2. The molecule has 2 heterocycles. The molecule has 0 aliphatic rings. The Balaban J connectivity index is 1.64. The highest BCUT2D eigenvalue weighted by Crippen LogP contribution is 2.32. The van der Waals surface area contributed by atoms with Gasteiger partial charge in [0.25, 0.3) is 5.92 Å². The number of benzene rings is 1. The SMILES string of the molecule is FC(F)(F)COc1ccc(-c2ccc(C(F)(F)CCn3cnnn3)nc2)cc1. The summed E-state index contributed by atoms with van der Waals surface area (Å²) in [6, 6.07) is 8.48. The zero-order valence-corrected chi connectivity index (χ0v) is 14.3. The third kappa shape index (κ3) is 5.21. The lowest BCUT2D eigenvalue weighted by Gasteiger charge is -2.15. The summed E-state index contributed by atoms with van der Waals surface area (Å²) in [5.74, 6) is -3.11. The van der Waals surface area contributed by atoms with E-state index in [0.29, 0.717) is 11.1 Å². The maximum Gasteiger partial charge on any atom is 0.422 e. The van der Waals surface area contributed by atoms with E-state index in [4.69, 9.17) is 0 Å². The Hall–Kier alpha value is -3.11. The summed E-state index contributed by atoms with van der Waals surface area (Å²) in [6.07, 6.45) is -2.41. The lowest BCUT2D eigenvalue weighted by molar-refractivity contribution is -0.153. The Bertz CT molecular complexity index is 880. The van der Waals surface area contributed by atoms with Gasteiger partial charge in [-0.15, -0.1) is 5.10 Å². The van der Waals surface area contributed by atoms with Gasteiger partial charge in [0.2, 0.25) is 0 Å². The van der Waals surface area contributed by atoms with E-state index >= 15 is 0 Å². The number of hydrogen-bond donors (Lipinski definition) is 0. The van der Waals surface area contributed by atoms with Gasteiger partial charge < -0.3 is 4.74 Å². The smallest absolute Gasteiger partial charge is 0.422 e. The van der Waals surface area contributed by atoms with Gasteiger partial charge in [-0.2, -0.15) is 22.0 Å². The van der Waals surface area contributed by atoms with Crippen molar-refractivity contribution in [2.24, 2.45) is 0 Å². The molecule has 0 spiro atoms. The van der Waals surface area contributed by atoms with Crippen LogP contribution in [0.25, 0.3) is 11.1 Å². The number of aromatic nitrogens is 5. The van der Waals surface area contributed by atoms with Crippen molar-refractivity contribution in [3.63, 3.8) is 0 Å². The fourth-order valence-corrected chi connectivity index (χ4v) is 2.36. The van der Waals surface area contributed by atoms with Crippen LogP contribution in [0.5, 0.6) is 5.75 Å². The van der Waals surface area contributed by atoms with Crippen LogP contribution in [0, 0.1) is 0 Å². The number of nitrogens with zero attached hydrogens (tertiary/aromatic N) is 5. The van der Waals surface area contributed by atoms with Crippen molar-refractivity contribution >= 4 is 0 Å². The number of ether oxygens (including phenoxy) is 1. The molecular weight excluding hydrogens is 385 g/mol. The molecule has 0 saturated heterocycles. The first-order chi connectivity index (χ1) is 13.2. The molecule has 3 aromatic rings. The first kappa shape index (κ1) is 19.6. The van der Waals surface area contributed by atoms with Gasteiger partial charge in [-0.25, -0.2) is 4.68 Å². The summed E-state index contributed by atoms with van der Waals surface area (Å²) in [4.78, 5) is 3.83. The highest BCUT2D eigenvalue weighted by Gasteiger charge is 2.33. The van der Waals surface area contributed by atoms with Crippen molar-refractivity contribution in [2.75, 3.05) is 6.61 Å². The molecule has 0 bridgehead atoms. The number of aryl methyl sites for hydroxylation is 1. The van der Waals surface area contributed by atoms with E-state index in [9.17, 15) is 22.0 Å². The van der Waals surface area contributed by atoms with Crippen LogP contribution in [-0.4, -0.2) is 38.0 Å². The molecule has 6 nitrogen and oxygen atoms in total. The van der Waals surface area contributed by atoms with E-state index in [1.54, 1.807) is 0 Å². The van der Waals surface area contributed by atoms with E-state index < -0.39 is 30.8 Å². The Morgan fingerprint density at radius 2 is 1.64 bits per heavy atom. The van der Waals surface area contributed by atoms with Gasteiger partial charge in [0.05, 0.1) is 6.54 Å². The van der Waals surface area contributed by atoms with Crippen molar-refractivity contribution in [1.29, 1.82) is 0 Å². The molecule has 0 aliphatic carbocycles. The third-order valence-corrected chi connectivity index (χ3v) is 3.77. The molecule has 28 heavy (non-hydrogen) atoms. The Labute approximate surface area is 156 Å². The van der Waals surface area contributed by atoms with Crippen molar-refractivity contribution < 1.29 is 26.7 Å². The zero-order chi connectivity index (χ0) is 20.2. The second-order valence-corrected chi connectivity index (χ2v) is 5.89. The molecule has 0 unspecified atom stereocenters. The lowest BCUT2D eigenvalue weighted by Crippen LogP contribution is -2.19. The van der Waals surface area contributed by atoms with Gasteiger partial charge in [0, 0.05) is 18.2 Å². The van der Waals surface area contributed by atoms with Crippen molar-refractivity contribution in [3.05, 3.63) is 54.6 Å². The van der Waals surface area contributed by atoms with Gasteiger partial charge in [0.15, 0.2) is 6.61 Å². The molecule has 0 N–H and O–H groups in total. The van der Waals surface area contributed by atoms with Gasteiger partial charge in [0.1, 0.15) is 17.8 Å². The van der Waals surface area contributed by atoms with Crippen LogP contribution in [0.4, 0.5) is 22.0 Å². The van der Waals surface area contributed by atoms with Crippen molar-refractivity contribution in [2.45, 2.75) is 25.1 Å².